The quantitative estimate of drug-likeness (QED) is 0.568. The second-order valence-electron chi connectivity index (χ2n) is 8.83. The number of carbonyl (C=O) groups is 1. The number of ether oxygens (including phenoxy) is 1. The van der Waals surface area contributed by atoms with E-state index in [1.807, 2.05) is 51.0 Å². The van der Waals surface area contributed by atoms with E-state index < -0.39 is 0 Å². The minimum Gasteiger partial charge on any atom is -0.491 e. The fraction of sp³-hybridized carbons (Fsp3) is 0.400. The van der Waals surface area contributed by atoms with E-state index in [4.69, 9.17) is 4.74 Å². The molecule has 0 spiro atoms. The van der Waals surface area contributed by atoms with E-state index in [1.54, 1.807) is 11.3 Å². The van der Waals surface area contributed by atoms with Crippen molar-refractivity contribution >= 4 is 17.2 Å². The van der Waals surface area contributed by atoms with E-state index in [-0.39, 0.29) is 18.1 Å². The van der Waals surface area contributed by atoms with Gasteiger partial charge in [0, 0.05) is 11.1 Å². The zero-order valence-electron chi connectivity index (χ0n) is 19.3. The Balaban J connectivity index is 1.57. The molecule has 0 saturated carbocycles. The molecular weight excluding hydrogens is 420 g/mol. The van der Waals surface area contributed by atoms with Crippen molar-refractivity contribution in [1.29, 1.82) is 0 Å². The Morgan fingerprint density at radius 2 is 2.00 bits per heavy atom. The van der Waals surface area contributed by atoms with Gasteiger partial charge in [0.1, 0.15) is 15.8 Å². The van der Waals surface area contributed by atoms with Gasteiger partial charge < -0.3 is 15.0 Å². The van der Waals surface area contributed by atoms with Crippen molar-refractivity contribution in [3.63, 3.8) is 0 Å². The Labute approximate surface area is 193 Å². The maximum Gasteiger partial charge on any atom is 0.234 e. The van der Waals surface area contributed by atoms with E-state index in [0.717, 1.165) is 45.3 Å². The third kappa shape index (κ3) is 4.84. The van der Waals surface area contributed by atoms with Crippen molar-refractivity contribution < 1.29 is 9.53 Å². The summed E-state index contributed by atoms with van der Waals surface area (Å²) in [4.78, 5) is 14.1. The lowest BCUT2D eigenvalue weighted by molar-refractivity contribution is -0.122. The van der Waals surface area contributed by atoms with Crippen LogP contribution < -0.4 is 10.1 Å². The first-order valence-corrected chi connectivity index (χ1v) is 11.8. The van der Waals surface area contributed by atoms with Crippen molar-refractivity contribution in [2.24, 2.45) is 0 Å². The molecule has 1 aliphatic carbocycles. The maximum absolute atomic E-state index is 12.3. The number of benzene rings is 2. The number of hydrogen-bond donors (Lipinski definition) is 1. The van der Waals surface area contributed by atoms with Crippen LogP contribution in [-0.2, 0) is 11.2 Å². The summed E-state index contributed by atoms with van der Waals surface area (Å²) in [5.41, 5.74) is 5.71. The number of fused-ring (bicyclic) bond motifs is 1. The van der Waals surface area contributed by atoms with Crippen LogP contribution in [0.2, 0.25) is 0 Å². The number of nitrogens with zero attached hydrogens (tertiary/aromatic N) is 3. The van der Waals surface area contributed by atoms with Gasteiger partial charge in [0.25, 0.3) is 0 Å². The molecule has 0 radical (unpaired) electrons. The van der Waals surface area contributed by atoms with Crippen LogP contribution in [0.3, 0.4) is 0 Å². The number of likely N-dealkylation sites (N-methyl/N-ethyl adjacent to an activating group) is 1. The van der Waals surface area contributed by atoms with Crippen molar-refractivity contribution in [2.75, 3.05) is 20.6 Å². The highest BCUT2D eigenvalue weighted by molar-refractivity contribution is 7.17. The van der Waals surface area contributed by atoms with Crippen molar-refractivity contribution in [1.82, 2.24) is 20.4 Å². The van der Waals surface area contributed by atoms with Crippen LogP contribution in [0.1, 0.15) is 43.0 Å². The van der Waals surface area contributed by atoms with E-state index in [1.165, 1.54) is 11.1 Å². The van der Waals surface area contributed by atoms with Crippen molar-refractivity contribution in [3.8, 4) is 26.9 Å². The highest BCUT2D eigenvalue weighted by Gasteiger charge is 2.27. The number of rotatable bonds is 7. The van der Waals surface area contributed by atoms with E-state index in [0.29, 0.717) is 6.54 Å². The fourth-order valence-electron chi connectivity index (χ4n) is 4.15. The summed E-state index contributed by atoms with van der Waals surface area (Å²) in [6.07, 6.45) is 1.98. The fourth-order valence-corrected chi connectivity index (χ4v) is 5.04. The molecule has 1 heterocycles. The van der Waals surface area contributed by atoms with Crippen LogP contribution in [0, 0.1) is 6.92 Å². The number of aromatic nitrogens is 2. The number of hydrogen-bond acceptors (Lipinski definition) is 6. The molecule has 168 valence electrons. The molecule has 4 rings (SSSR count). The van der Waals surface area contributed by atoms with Gasteiger partial charge in [-0.3, -0.25) is 4.79 Å². The first kappa shape index (κ1) is 22.4. The normalized spacial score (nSPS) is 15.3. The summed E-state index contributed by atoms with van der Waals surface area (Å²) in [6, 6.07) is 12.5. The molecule has 0 bridgehead atoms. The minimum absolute atomic E-state index is 0.0525. The van der Waals surface area contributed by atoms with Gasteiger partial charge in [-0.2, -0.15) is 0 Å². The Hall–Kier alpha value is -2.77. The molecule has 7 heteroatoms. The zero-order chi connectivity index (χ0) is 22.8. The molecule has 1 aliphatic rings. The summed E-state index contributed by atoms with van der Waals surface area (Å²) in [7, 11) is 3.80. The third-order valence-corrected chi connectivity index (χ3v) is 6.51. The van der Waals surface area contributed by atoms with Crippen molar-refractivity contribution in [3.05, 3.63) is 53.1 Å². The summed E-state index contributed by atoms with van der Waals surface area (Å²) >= 11 is 1.60. The van der Waals surface area contributed by atoms with Gasteiger partial charge >= 0.3 is 0 Å². The summed E-state index contributed by atoms with van der Waals surface area (Å²) in [5, 5.41) is 14.0. The Morgan fingerprint density at radius 3 is 2.72 bits per heavy atom. The number of aryl methyl sites for hydroxylation is 1. The molecule has 32 heavy (non-hydrogen) atoms. The second-order valence-corrected chi connectivity index (χ2v) is 9.81. The molecule has 2 aromatic carbocycles. The van der Waals surface area contributed by atoms with Gasteiger partial charge in [0.05, 0.1) is 18.7 Å². The predicted molar refractivity (Wildman–Crippen MR) is 129 cm³/mol. The van der Waals surface area contributed by atoms with Crippen LogP contribution in [0.4, 0.5) is 0 Å². The van der Waals surface area contributed by atoms with Gasteiger partial charge in [-0.25, -0.2) is 0 Å². The first-order chi connectivity index (χ1) is 15.3. The molecule has 1 amide bonds. The highest BCUT2D eigenvalue weighted by atomic mass is 32.1. The predicted octanol–water partition coefficient (Wildman–Crippen LogP) is 4.63. The minimum atomic E-state index is 0.0525. The largest absolute Gasteiger partial charge is 0.491 e. The topological polar surface area (TPSA) is 67.4 Å². The molecule has 0 aliphatic heterocycles. The highest BCUT2D eigenvalue weighted by Crippen LogP contribution is 2.40. The first-order valence-electron chi connectivity index (χ1n) is 11.0. The SMILES string of the molecule is Cc1cc(-c2nnc(-c3cccc4c3CCC4NC(=O)CN(C)C)s2)ccc1OC(C)C. The molecule has 3 aromatic rings. The Kier molecular flexibility index (Phi) is 6.58. The average Bonchev–Trinajstić information content (AvgIpc) is 3.36. The van der Waals surface area contributed by atoms with Gasteiger partial charge in [-0.15, -0.1) is 10.2 Å². The van der Waals surface area contributed by atoms with Crippen LogP contribution in [0.15, 0.2) is 36.4 Å². The van der Waals surface area contributed by atoms with Crippen LogP contribution in [0.5, 0.6) is 5.75 Å². The van der Waals surface area contributed by atoms with E-state index in [9.17, 15) is 4.79 Å². The number of carbonyl (C=O) groups excluding carboxylic acids is 1. The molecule has 1 N–H and O–H groups in total. The van der Waals surface area contributed by atoms with Gasteiger partial charge in [-0.05, 0) is 82.6 Å². The van der Waals surface area contributed by atoms with Crippen LogP contribution in [-0.4, -0.2) is 47.7 Å². The maximum atomic E-state index is 12.3. The van der Waals surface area contributed by atoms with Gasteiger partial charge in [0.2, 0.25) is 5.91 Å². The second kappa shape index (κ2) is 9.38. The summed E-state index contributed by atoms with van der Waals surface area (Å²) < 4.78 is 5.85. The molecule has 0 saturated heterocycles. The molecule has 1 unspecified atom stereocenters. The smallest absolute Gasteiger partial charge is 0.234 e. The summed E-state index contributed by atoms with van der Waals surface area (Å²) in [6.45, 7) is 6.51. The standard InChI is InChI=1S/C25H30N4O2S/c1-15(2)31-22-12-9-17(13-16(22)3)24-27-28-25(32-24)20-8-6-7-19-18(20)10-11-21(19)26-23(30)14-29(4)5/h6-9,12-13,15,21H,10-11,14H2,1-5H3,(H,26,30). The zero-order valence-corrected chi connectivity index (χ0v) is 20.1. The number of amides is 1. The van der Waals surface area contributed by atoms with Crippen LogP contribution in [0.25, 0.3) is 21.1 Å². The lowest BCUT2D eigenvalue weighted by atomic mass is 10.0. The average molecular weight is 451 g/mol. The molecule has 1 atom stereocenters. The molecule has 0 fully saturated rings. The lowest BCUT2D eigenvalue weighted by Crippen LogP contribution is -2.35. The molecule has 6 nitrogen and oxygen atoms in total. The van der Waals surface area contributed by atoms with E-state index in [2.05, 4.69) is 40.6 Å². The van der Waals surface area contributed by atoms with Gasteiger partial charge in [-0.1, -0.05) is 29.5 Å². The number of nitrogens with one attached hydrogen (secondary N) is 1. The lowest BCUT2D eigenvalue weighted by Gasteiger charge is -2.16. The van der Waals surface area contributed by atoms with E-state index >= 15 is 0 Å². The Morgan fingerprint density at radius 1 is 1.22 bits per heavy atom. The monoisotopic (exact) mass is 450 g/mol. The third-order valence-electron chi connectivity index (χ3n) is 5.51. The Bertz CT molecular complexity index is 1120. The van der Waals surface area contributed by atoms with Crippen molar-refractivity contribution in [2.45, 2.75) is 45.8 Å². The molecular formula is C25H30N4O2S. The van der Waals surface area contributed by atoms with Crippen LogP contribution >= 0.6 is 11.3 Å². The summed E-state index contributed by atoms with van der Waals surface area (Å²) in [5.74, 6) is 0.952. The van der Waals surface area contributed by atoms with Gasteiger partial charge in [0.15, 0.2) is 0 Å². The molecule has 1 aromatic heterocycles.